The van der Waals surface area contributed by atoms with E-state index in [0.29, 0.717) is 25.3 Å². The largest absolute Gasteiger partial charge is 0.445 e. The molecule has 1 aliphatic heterocycles. The predicted octanol–water partition coefficient (Wildman–Crippen LogP) is 5.47. The van der Waals surface area contributed by atoms with Crippen molar-refractivity contribution in [1.29, 1.82) is 0 Å². The lowest BCUT2D eigenvalue weighted by molar-refractivity contribution is 0.0628. The fraction of sp³-hybridized carbons (Fsp3) is 0.529. The maximum absolute atomic E-state index is 14.0. The number of carbonyl (C=O) groups excluding carboxylic acids is 2. The van der Waals surface area contributed by atoms with Crippen LogP contribution in [0, 0.1) is 18.8 Å². The molecule has 8 nitrogen and oxygen atoms in total. The van der Waals surface area contributed by atoms with Gasteiger partial charge in [-0.05, 0) is 75.1 Å². The van der Waals surface area contributed by atoms with E-state index in [-0.39, 0.29) is 42.5 Å². The molecule has 2 aromatic carbocycles. The molecule has 5 rings (SSSR count). The van der Waals surface area contributed by atoms with Crippen molar-refractivity contribution < 1.29 is 19.1 Å². The van der Waals surface area contributed by atoms with Crippen molar-refractivity contribution in [3.63, 3.8) is 0 Å². The third kappa shape index (κ3) is 7.16. The van der Waals surface area contributed by atoms with E-state index < -0.39 is 0 Å². The molecule has 0 bridgehead atoms. The molecule has 2 amide bonds. The van der Waals surface area contributed by atoms with Crippen LogP contribution in [0.5, 0.6) is 0 Å². The fourth-order valence-corrected chi connectivity index (χ4v) is 6.15. The van der Waals surface area contributed by atoms with Crippen molar-refractivity contribution in [3.05, 3.63) is 71.4 Å². The van der Waals surface area contributed by atoms with Gasteiger partial charge < -0.3 is 29.2 Å². The van der Waals surface area contributed by atoms with Gasteiger partial charge >= 0.3 is 6.09 Å². The standard InChI is InChI=1S/C34H46N4O4/c1-24(2)37(33(39)27-11-14-31-25(3)20-36(32(31)17-27)15-8-16-41-4)21-28-18-35-19-29(28)22-38(30-12-13-30)34(40)42-23-26-9-6-5-7-10-26/h5-7,9-11,14,17,20,24,28-30,35H,8,12-13,15-16,18-19,21-23H2,1-4H3/t28-,29-/m0/s1. The van der Waals surface area contributed by atoms with Crippen LogP contribution in [0.15, 0.2) is 54.7 Å². The van der Waals surface area contributed by atoms with Crippen molar-refractivity contribution in [2.24, 2.45) is 11.8 Å². The van der Waals surface area contributed by atoms with Gasteiger partial charge in [-0.3, -0.25) is 4.79 Å². The number of hydrogen-bond acceptors (Lipinski definition) is 5. The number of fused-ring (bicyclic) bond motifs is 1. The molecule has 3 aromatic rings. The zero-order valence-corrected chi connectivity index (χ0v) is 25.6. The quantitative estimate of drug-likeness (QED) is 0.274. The van der Waals surface area contributed by atoms with Gasteiger partial charge in [0.1, 0.15) is 6.61 Å². The van der Waals surface area contributed by atoms with Gasteiger partial charge in [0.25, 0.3) is 5.91 Å². The molecule has 8 heteroatoms. The van der Waals surface area contributed by atoms with Gasteiger partial charge in [-0.25, -0.2) is 4.79 Å². The Morgan fingerprint density at radius 1 is 1.05 bits per heavy atom. The van der Waals surface area contributed by atoms with Crippen LogP contribution < -0.4 is 5.32 Å². The van der Waals surface area contributed by atoms with Crippen molar-refractivity contribution in [1.82, 2.24) is 19.7 Å². The summed E-state index contributed by atoms with van der Waals surface area (Å²) in [6.45, 7) is 11.1. The second kappa shape index (κ2) is 13.7. The Labute approximate surface area is 249 Å². The zero-order valence-electron chi connectivity index (χ0n) is 25.6. The molecule has 0 spiro atoms. The van der Waals surface area contributed by atoms with Crippen LogP contribution in [0.25, 0.3) is 10.9 Å². The van der Waals surface area contributed by atoms with E-state index in [1.54, 1.807) is 7.11 Å². The number of aromatic nitrogens is 1. The molecule has 0 unspecified atom stereocenters. The summed E-state index contributed by atoms with van der Waals surface area (Å²) < 4.78 is 13.2. The molecule has 0 radical (unpaired) electrons. The van der Waals surface area contributed by atoms with E-state index in [0.717, 1.165) is 50.0 Å². The number of hydrogen-bond donors (Lipinski definition) is 1. The van der Waals surface area contributed by atoms with Gasteiger partial charge in [-0.15, -0.1) is 0 Å². The molecule has 2 heterocycles. The molecule has 1 saturated carbocycles. The van der Waals surface area contributed by atoms with Gasteiger partial charge in [0.15, 0.2) is 0 Å². The molecule has 1 aliphatic carbocycles. The van der Waals surface area contributed by atoms with Gasteiger partial charge in [0, 0.05) is 81.2 Å². The number of methoxy groups -OCH3 is 1. The number of aryl methyl sites for hydroxylation is 2. The summed E-state index contributed by atoms with van der Waals surface area (Å²) in [4.78, 5) is 31.0. The summed E-state index contributed by atoms with van der Waals surface area (Å²) in [7, 11) is 1.72. The van der Waals surface area contributed by atoms with Gasteiger partial charge in [0.05, 0.1) is 0 Å². The van der Waals surface area contributed by atoms with E-state index in [1.807, 2.05) is 46.2 Å². The Hall–Kier alpha value is -3.36. The van der Waals surface area contributed by atoms with Crippen molar-refractivity contribution in [2.75, 3.05) is 39.9 Å². The molecule has 2 fully saturated rings. The second-order valence-corrected chi connectivity index (χ2v) is 12.2. The number of amides is 2. The van der Waals surface area contributed by atoms with Crippen LogP contribution >= 0.6 is 0 Å². The van der Waals surface area contributed by atoms with Gasteiger partial charge in [0.2, 0.25) is 0 Å². The molecule has 42 heavy (non-hydrogen) atoms. The predicted molar refractivity (Wildman–Crippen MR) is 166 cm³/mol. The molecular weight excluding hydrogens is 528 g/mol. The molecule has 1 N–H and O–H groups in total. The smallest absolute Gasteiger partial charge is 0.410 e. The van der Waals surface area contributed by atoms with E-state index in [1.165, 1.54) is 10.9 Å². The molecule has 2 atom stereocenters. The highest BCUT2D eigenvalue weighted by Gasteiger charge is 2.39. The number of benzene rings is 2. The van der Waals surface area contributed by atoms with Crippen LogP contribution in [0.3, 0.4) is 0 Å². The van der Waals surface area contributed by atoms with Crippen molar-refractivity contribution in [3.8, 4) is 0 Å². The van der Waals surface area contributed by atoms with E-state index in [4.69, 9.17) is 9.47 Å². The number of ether oxygens (including phenoxy) is 2. The van der Waals surface area contributed by atoms with E-state index in [2.05, 4.69) is 49.0 Å². The lowest BCUT2D eigenvalue weighted by Crippen LogP contribution is -2.45. The van der Waals surface area contributed by atoms with Crippen LogP contribution in [0.2, 0.25) is 0 Å². The Bertz CT molecular complexity index is 1350. The third-order valence-electron chi connectivity index (χ3n) is 8.73. The molecule has 226 valence electrons. The first-order valence-electron chi connectivity index (χ1n) is 15.4. The molecular formula is C34H46N4O4. The monoisotopic (exact) mass is 574 g/mol. The number of nitrogens with one attached hydrogen (secondary N) is 1. The van der Waals surface area contributed by atoms with Crippen LogP contribution in [-0.4, -0.2) is 78.3 Å². The zero-order chi connectivity index (χ0) is 29.6. The Morgan fingerprint density at radius 2 is 1.79 bits per heavy atom. The van der Waals surface area contributed by atoms with Gasteiger partial charge in [-0.1, -0.05) is 36.4 Å². The summed E-state index contributed by atoms with van der Waals surface area (Å²) in [6, 6.07) is 16.2. The molecule has 2 aliphatic rings. The average Bonchev–Trinajstić information content (AvgIpc) is 3.66. The third-order valence-corrected chi connectivity index (χ3v) is 8.73. The normalized spacial score (nSPS) is 18.5. The van der Waals surface area contributed by atoms with Crippen LogP contribution in [0.4, 0.5) is 4.79 Å². The first-order chi connectivity index (χ1) is 20.4. The van der Waals surface area contributed by atoms with E-state index in [9.17, 15) is 9.59 Å². The Kier molecular flexibility index (Phi) is 9.85. The first-order valence-corrected chi connectivity index (χ1v) is 15.4. The minimum atomic E-state index is -0.235. The summed E-state index contributed by atoms with van der Waals surface area (Å²) in [5, 5.41) is 4.72. The van der Waals surface area contributed by atoms with Crippen molar-refractivity contribution in [2.45, 2.75) is 65.3 Å². The average molecular weight is 575 g/mol. The van der Waals surface area contributed by atoms with E-state index >= 15 is 0 Å². The maximum Gasteiger partial charge on any atom is 0.410 e. The number of nitrogens with zero attached hydrogens (tertiary/aromatic N) is 3. The minimum absolute atomic E-state index is 0.0556. The summed E-state index contributed by atoms with van der Waals surface area (Å²) >= 11 is 0. The fourth-order valence-electron chi connectivity index (χ4n) is 6.15. The number of rotatable bonds is 13. The topological polar surface area (TPSA) is 76.0 Å². The van der Waals surface area contributed by atoms with Crippen LogP contribution in [-0.2, 0) is 22.6 Å². The summed E-state index contributed by atoms with van der Waals surface area (Å²) in [5.41, 5.74) is 4.01. The Morgan fingerprint density at radius 3 is 2.48 bits per heavy atom. The minimum Gasteiger partial charge on any atom is -0.445 e. The maximum atomic E-state index is 14.0. The van der Waals surface area contributed by atoms with Crippen LogP contribution in [0.1, 0.15) is 54.6 Å². The SMILES string of the molecule is COCCCn1cc(C)c2ccc(C(=O)N(C[C@@H]3CNC[C@H]3CN(C(=O)OCc3ccccc3)C3CC3)C(C)C)cc21. The summed E-state index contributed by atoms with van der Waals surface area (Å²) in [6.07, 6.45) is 4.90. The highest BCUT2D eigenvalue weighted by Crippen LogP contribution is 2.31. The van der Waals surface area contributed by atoms with Gasteiger partial charge in [-0.2, -0.15) is 0 Å². The molecule has 1 aromatic heterocycles. The lowest BCUT2D eigenvalue weighted by Gasteiger charge is -2.33. The summed E-state index contributed by atoms with van der Waals surface area (Å²) in [5.74, 6) is 0.566. The Balaban J connectivity index is 1.26. The molecule has 1 saturated heterocycles. The number of carbonyl (C=O) groups is 2. The first kappa shape index (κ1) is 30.1. The lowest BCUT2D eigenvalue weighted by atomic mass is 9.94. The highest BCUT2D eigenvalue weighted by atomic mass is 16.6. The highest BCUT2D eigenvalue weighted by molar-refractivity contribution is 5.98. The second-order valence-electron chi connectivity index (χ2n) is 12.2. The van der Waals surface area contributed by atoms with Crippen molar-refractivity contribution >= 4 is 22.9 Å².